The molecule has 0 bridgehead atoms. The lowest BCUT2D eigenvalue weighted by molar-refractivity contribution is -0.177. The van der Waals surface area contributed by atoms with E-state index in [9.17, 15) is 29.5 Å². The van der Waals surface area contributed by atoms with Crippen LogP contribution in [0.15, 0.2) is 36.0 Å². The summed E-state index contributed by atoms with van der Waals surface area (Å²) in [6, 6.07) is 8.41. The van der Waals surface area contributed by atoms with Crippen molar-refractivity contribution >= 4 is 28.9 Å². The summed E-state index contributed by atoms with van der Waals surface area (Å²) >= 11 is 0.993. The number of nitriles is 1. The fourth-order valence-corrected chi connectivity index (χ4v) is 11.5. The Balaban J connectivity index is 1.24. The summed E-state index contributed by atoms with van der Waals surface area (Å²) in [4.78, 5) is 26.9. The summed E-state index contributed by atoms with van der Waals surface area (Å²) in [6.07, 6.45) is 8.67. The van der Waals surface area contributed by atoms with Crippen LogP contribution in [0.25, 0.3) is 11.8 Å². The minimum Gasteiger partial charge on any atom is -0.479 e. The van der Waals surface area contributed by atoms with Crippen LogP contribution in [0, 0.1) is 51.1 Å². The molecule has 7 rings (SSSR count). The highest BCUT2D eigenvalue weighted by molar-refractivity contribution is 8.13. The summed E-state index contributed by atoms with van der Waals surface area (Å²) < 4.78 is 21.4. The summed E-state index contributed by atoms with van der Waals surface area (Å²) in [5, 5.41) is 36.4. The van der Waals surface area contributed by atoms with E-state index in [1.54, 1.807) is 12.1 Å². The number of ether oxygens (including phenoxy) is 1. The number of thioether (sulfide) groups is 1. The lowest BCUT2D eigenvalue weighted by Crippen LogP contribution is -2.60. The number of fused-ring (bicyclic) bond motifs is 6. The third-order valence-electron chi connectivity index (χ3n) is 12.6. The van der Waals surface area contributed by atoms with E-state index < -0.39 is 28.5 Å². The van der Waals surface area contributed by atoms with Gasteiger partial charge in [-0.3, -0.25) is 4.79 Å². The molecule has 0 radical (unpaired) electrons. The lowest BCUT2D eigenvalue weighted by atomic mass is 9.44. The first-order valence-corrected chi connectivity index (χ1v) is 17.1. The van der Waals surface area contributed by atoms with Crippen LogP contribution in [0.3, 0.4) is 0 Å². The Hall–Kier alpha value is -3.00. The van der Waals surface area contributed by atoms with Crippen molar-refractivity contribution in [3.8, 4) is 11.8 Å². The normalized spacial score (nSPS) is 38.3. The standard InChI is InChI=1S/C35H40FN3O5S/c1-32-17-21-19-38-39(24-7-5-23(36)6-8-24)27(21)16-22(32)4-9-25-26-10-12-34(31(43)45-15-13-37,33(26,2)18-28(40)29(25)32)20-35(30(41)42)11-3-14-44-35/h5-8,16,19,25-26,28-29,40H,3-4,9-12,14-15,17-18,20H2,1-2H3,(H,41,42)/t25-,26-,28-,29+,32-,33-,34-,35?/m0/s1. The molecule has 4 fully saturated rings. The second-order valence-corrected chi connectivity index (χ2v) is 15.5. The summed E-state index contributed by atoms with van der Waals surface area (Å²) in [7, 11) is 0. The summed E-state index contributed by atoms with van der Waals surface area (Å²) in [5.41, 5.74) is 0.809. The van der Waals surface area contributed by atoms with Gasteiger partial charge in [0, 0.05) is 18.4 Å². The van der Waals surface area contributed by atoms with E-state index in [0.29, 0.717) is 32.3 Å². The van der Waals surface area contributed by atoms with Crippen molar-refractivity contribution in [3.63, 3.8) is 0 Å². The van der Waals surface area contributed by atoms with Crippen LogP contribution in [0.5, 0.6) is 0 Å². The van der Waals surface area contributed by atoms with Gasteiger partial charge in [-0.25, -0.2) is 13.9 Å². The molecule has 8 nitrogen and oxygen atoms in total. The maximum atomic E-state index is 14.2. The van der Waals surface area contributed by atoms with Gasteiger partial charge in [-0.15, -0.1) is 0 Å². The fraction of sp³-hybridized carbons (Fsp3) is 0.600. The van der Waals surface area contributed by atoms with Crippen LogP contribution in [0.2, 0.25) is 0 Å². The Bertz CT molecular complexity index is 1610. The van der Waals surface area contributed by atoms with Crippen molar-refractivity contribution < 1.29 is 28.9 Å². The molecular formula is C35H40FN3O5S. The number of carboxylic acids is 1. The Morgan fingerprint density at radius 3 is 2.69 bits per heavy atom. The topological polar surface area (TPSA) is 125 Å². The molecule has 10 heteroatoms. The molecule has 1 unspecified atom stereocenters. The molecule has 2 aromatic rings. The van der Waals surface area contributed by atoms with Gasteiger partial charge in [-0.05, 0) is 116 Å². The minimum absolute atomic E-state index is 0.0109. The van der Waals surface area contributed by atoms with Gasteiger partial charge < -0.3 is 14.9 Å². The van der Waals surface area contributed by atoms with Gasteiger partial charge in [0.05, 0.1) is 35.5 Å². The molecule has 5 aliphatic rings. The zero-order valence-electron chi connectivity index (χ0n) is 25.8. The van der Waals surface area contributed by atoms with Crippen molar-refractivity contribution in [1.82, 2.24) is 9.78 Å². The number of carboxylic acid groups (broad SMARTS) is 1. The first kappa shape index (κ1) is 30.6. The van der Waals surface area contributed by atoms with Gasteiger partial charge in [0.2, 0.25) is 0 Å². The van der Waals surface area contributed by atoms with Crippen LogP contribution in [-0.2, 0) is 20.7 Å². The molecule has 1 aromatic carbocycles. The molecule has 1 aliphatic heterocycles. The first-order valence-electron chi connectivity index (χ1n) is 16.1. The van der Waals surface area contributed by atoms with Crippen molar-refractivity contribution in [2.45, 2.75) is 83.3 Å². The Morgan fingerprint density at radius 1 is 1.22 bits per heavy atom. The van der Waals surface area contributed by atoms with Gasteiger partial charge in [-0.2, -0.15) is 10.4 Å². The number of aliphatic hydroxyl groups excluding tert-OH is 1. The van der Waals surface area contributed by atoms with Gasteiger partial charge in [0.25, 0.3) is 0 Å². The molecule has 238 valence electrons. The number of halogens is 1. The second-order valence-electron chi connectivity index (χ2n) is 14.5. The zero-order valence-corrected chi connectivity index (χ0v) is 26.6. The maximum Gasteiger partial charge on any atom is 0.336 e. The Labute approximate surface area is 267 Å². The largest absolute Gasteiger partial charge is 0.479 e. The average molecular weight is 634 g/mol. The third kappa shape index (κ3) is 4.40. The third-order valence-corrected chi connectivity index (χ3v) is 13.5. The number of benzene rings is 1. The predicted octanol–water partition coefficient (Wildman–Crippen LogP) is 5.96. The molecule has 4 aliphatic carbocycles. The molecule has 2 heterocycles. The van der Waals surface area contributed by atoms with Gasteiger partial charge >= 0.3 is 5.97 Å². The first-order chi connectivity index (χ1) is 21.5. The minimum atomic E-state index is -1.43. The van der Waals surface area contributed by atoms with E-state index in [1.807, 2.05) is 10.9 Å². The molecule has 0 amide bonds. The molecular weight excluding hydrogens is 593 g/mol. The highest BCUT2D eigenvalue weighted by atomic mass is 32.2. The molecule has 8 atom stereocenters. The molecule has 2 N–H and O–H groups in total. The Morgan fingerprint density at radius 2 is 2.00 bits per heavy atom. The predicted molar refractivity (Wildman–Crippen MR) is 167 cm³/mol. The van der Waals surface area contributed by atoms with Crippen LogP contribution in [0.1, 0.15) is 76.5 Å². The zero-order chi connectivity index (χ0) is 31.8. The Kier molecular flexibility index (Phi) is 7.34. The van der Waals surface area contributed by atoms with Gasteiger partial charge in [0.15, 0.2) is 10.7 Å². The van der Waals surface area contributed by atoms with Crippen molar-refractivity contribution in [3.05, 3.63) is 53.1 Å². The van der Waals surface area contributed by atoms with E-state index in [4.69, 9.17) is 4.74 Å². The van der Waals surface area contributed by atoms with E-state index in [1.165, 1.54) is 17.7 Å². The SMILES string of the molecule is C[C@]12Cc3cnn(-c4ccc(F)cc4)c3C=C1CC[C@@H]1[C@@H]2[C@@H](O)C[C@@]2(C)[C@H]1CC[C@]2(CC1(C(=O)O)CCCO1)C(=O)SCC#N. The number of aliphatic carboxylic acids is 1. The second kappa shape index (κ2) is 10.8. The average Bonchev–Trinajstić information content (AvgIpc) is 3.72. The number of hydrogen-bond acceptors (Lipinski definition) is 7. The number of nitrogens with zero attached hydrogens (tertiary/aromatic N) is 3. The molecule has 1 saturated heterocycles. The highest BCUT2D eigenvalue weighted by Crippen LogP contribution is 2.72. The molecule has 0 spiro atoms. The number of aliphatic hydroxyl groups is 1. The van der Waals surface area contributed by atoms with E-state index in [2.05, 4.69) is 31.1 Å². The number of carbonyl (C=O) groups excluding carboxylic acids is 1. The molecule has 1 aromatic heterocycles. The number of allylic oxidation sites excluding steroid dienone is 1. The molecule has 3 saturated carbocycles. The number of aromatic nitrogens is 2. The molecule has 45 heavy (non-hydrogen) atoms. The number of hydrogen-bond donors (Lipinski definition) is 2. The van der Waals surface area contributed by atoms with E-state index >= 15 is 0 Å². The van der Waals surface area contributed by atoms with Crippen LogP contribution in [-0.4, -0.2) is 55.1 Å². The number of carbonyl (C=O) groups is 2. The van der Waals surface area contributed by atoms with Crippen molar-refractivity contribution in [2.75, 3.05) is 12.4 Å². The smallest absolute Gasteiger partial charge is 0.336 e. The quantitative estimate of drug-likeness (QED) is 0.399. The summed E-state index contributed by atoms with van der Waals surface area (Å²) in [6.45, 7) is 4.73. The van der Waals surface area contributed by atoms with E-state index in [0.717, 1.165) is 54.4 Å². The number of rotatable bonds is 6. The highest BCUT2D eigenvalue weighted by Gasteiger charge is 2.70. The van der Waals surface area contributed by atoms with Crippen molar-refractivity contribution in [1.29, 1.82) is 5.26 Å². The van der Waals surface area contributed by atoms with Gasteiger partial charge in [0.1, 0.15) is 5.82 Å². The van der Waals surface area contributed by atoms with Crippen LogP contribution < -0.4 is 0 Å². The lowest BCUT2D eigenvalue weighted by Gasteiger charge is -2.61. The van der Waals surface area contributed by atoms with Crippen molar-refractivity contribution in [2.24, 2.45) is 34.0 Å². The van der Waals surface area contributed by atoms with Crippen LogP contribution in [0.4, 0.5) is 4.39 Å². The van der Waals surface area contributed by atoms with E-state index in [-0.39, 0.29) is 46.3 Å². The monoisotopic (exact) mass is 633 g/mol. The maximum absolute atomic E-state index is 14.2. The van der Waals surface area contributed by atoms with Gasteiger partial charge in [-0.1, -0.05) is 31.2 Å². The summed E-state index contributed by atoms with van der Waals surface area (Å²) in [5.74, 6) is -1.04. The van der Waals surface area contributed by atoms with Crippen LogP contribution >= 0.6 is 11.8 Å². The fourth-order valence-electron chi connectivity index (χ4n) is 10.6.